The van der Waals surface area contributed by atoms with Gasteiger partial charge < -0.3 is 0 Å². The van der Waals surface area contributed by atoms with Crippen LogP contribution in [0.5, 0.6) is 0 Å². The van der Waals surface area contributed by atoms with E-state index in [1.54, 1.807) is 6.08 Å². The Balaban J connectivity index is 0. The van der Waals surface area contributed by atoms with Crippen molar-refractivity contribution in [3.63, 3.8) is 0 Å². The lowest BCUT2D eigenvalue weighted by Gasteiger charge is -1.94. The SMILES string of the molecule is C=C(C)CCC.C=C(C)c1ccccc1.C=CC. The van der Waals surface area contributed by atoms with Crippen molar-refractivity contribution in [2.75, 3.05) is 0 Å². The van der Waals surface area contributed by atoms with Gasteiger partial charge in [-0.05, 0) is 32.8 Å². The molecule has 0 atom stereocenters. The second-order valence-electron chi connectivity index (χ2n) is 4.26. The third-order valence-electron chi connectivity index (χ3n) is 1.94. The number of rotatable bonds is 3. The zero-order valence-electron chi connectivity index (χ0n) is 12.5. The summed E-state index contributed by atoms with van der Waals surface area (Å²) in [6.07, 6.45) is 4.16. The van der Waals surface area contributed by atoms with E-state index >= 15 is 0 Å². The monoisotopic (exact) mass is 244 g/mol. The first-order chi connectivity index (χ1) is 8.49. The first-order valence-corrected chi connectivity index (χ1v) is 6.41. The summed E-state index contributed by atoms with van der Waals surface area (Å²) in [4.78, 5) is 0. The van der Waals surface area contributed by atoms with Crippen molar-refractivity contribution in [2.45, 2.75) is 40.5 Å². The fourth-order valence-corrected chi connectivity index (χ4v) is 1.15. The highest BCUT2D eigenvalue weighted by molar-refractivity contribution is 5.60. The molecule has 1 aromatic rings. The van der Waals surface area contributed by atoms with Crippen molar-refractivity contribution in [2.24, 2.45) is 0 Å². The molecule has 1 rings (SSSR count). The summed E-state index contributed by atoms with van der Waals surface area (Å²) < 4.78 is 0. The molecule has 18 heavy (non-hydrogen) atoms. The molecule has 0 amide bonds. The van der Waals surface area contributed by atoms with Crippen molar-refractivity contribution in [1.29, 1.82) is 0 Å². The topological polar surface area (TPSA) is 0 Å². The Labute approximate surface area is 114 Å². The third kappa shape index (κ3) is 14.4. The first-order valence-electron chi connectivity index (χ1n) is 6.41. The lowest BCUT2D eigenvalue weighted by atomic mass is 10.1. The van der Waals surface area contributed by atoms with E-state index < -0.39 is 0 Å². The van der Waals surface area contributed by atoms with Crippen LogP contribution in [0.1, 0.15) is 46.1 Å². The molecule has 100 valence electrons. The molecule has 0 aromatic heterocycles. The van der Waals surface area contributed by atoms with Gasteiger partial charge in [0.15, 0.2) is 0 Å². The second-order valence-corrected chi connectivity index (χ2v) is 4.26. The molecule has 0 saturated carbocycles. The van der Waals surface area contributed by atoms with Crippen LogP contribution in [-0.4, -0.2) is 0 Å². The predicted octanol–water partition coefficient (Wildman–Crippen LogP) is 6.27. The summed E-state index contributed by atoms with van der Waals surface area (Å²) in [5.74, 6) is 0. The molecule has 1 aromatic carbocycles. The molecular weight excluding hydrogens is 216 g/mol. The van der Waals surface area contributed by atoms with Gasteiger partial charge in [-0.2, -0.15) is 0 Å². The highest BCUT2D eigenvalue weighted by atomic mass is 13.9. The fraction of sp³-hybridized carbons (Fsp3) is 0.333. The Kier molecular flexibility index (Phi) is 14.1. The Morgan fingerprint density at radius 3 is 1.72 bits per heavy atom. The van der Waals surface area contributed by atoms with Crippen molar-refractivity contribution >= 4 is 5.57 Å². The highest BCUT2D eigenvalue weighted by Crippen LogP contribution is 2.08. The van der Waals surface area contributed by atoms with E-state index in [0.29, 0.717) is 0 Å². The maximum Gasteiger partial charge on any atom is -0.0233 e. The first kappa shape index (κ1) is 18.8. The molecule has 0 spiro atoms. The highest BCUT2D eigenvalue weighted by Gasteiger charge is 1.86. The van der Waals surface area contributed by atoms with Gasteiger partial charge in [0.25, 0.3) is 0 Å². The summed E-state index contributed by atoms with van der Waals surface area (Å²) in [6, 6.07) is 10.2. The van der Waals surface area contributed by atoms with Crippen LogP contribution in [0.25, 0.3) is 5.57 Å². The maximum absolute atomic E-state index is 3.83. The average Bonchev–Trinajstić information content (AvgIpc) is 2.31. The summed E-state index contributed by atoms with van der Waals surface area (Å²) in [5.41, 5.74) is 3.63. The van der Waals surface area contributed by atoms with E-state index in [1.165, 1.54) is 24.0 Å². The lowest BCUT2D eigenvalue weighted by Crippen LogP contribution is -1.72. The summed E-state index contributed by atoms with van der Waals surface area (Å²) >= 11 is 0. The van der Waals surface area contributed by atoms with Crippen LogP contribution in [-0.2, 0) is 0 Å². The largest absolute Gasteiger partial charge is 0.103 e. The van der Waals surface area contributed by atoms with Crippen LogP contribution in [0, 0.1) is 0 Å². The smallest absolute Gasteiger partial charge is 0.0233 e. The van der Waals surface area contributed by atoms with Gasteiger partial charge >= 0.3 is 0 Å². The van der Waals surface area contributed by atoms with Gasteiger partial charge in [0.05, 0.1) is 0 Å². The Morgan fingerprint density at radius 1 is 1.11 bits per heavy atom. The number of hydrogen-bond donors (Lipinski definition) is 0. The number of hydrogen-bond acceptors (Lipinski definition) is 0. The van der Waals surface area contributed by atoms with Gasteiger partial charge in [-0.25, -0.2) is 0 Å². The molecule has 0 heterocycles. The van der Waals surface area contributed by atoms with Crippen molar-refractivity contribution in [1.82, 2.24) is 0 Å². The molecule has 0 heteroatoms. The van der Waals surface area contributed by atoms with Crippen LogP contribution in [0.15, 0.2) is 61.7 Å². The van der Waals surface area contributed by atoms with Crippen LogP contribution in [0.4, 0.5) is 0 Å². The zero-order valence-corrected chi connectivity index (χ0v) is 12.5. The molecule has 0 bridgehead atoms. The quantitative estimate of drug-likeness (QED) is 0.549. The van der Waals surface area contributed by atoms with E-state index in [9.17, 15) is 0 Å². The van der Waals surface area contributed by atoms with Gasteiger partial charge in [0, 0.05) is 0 Å². The predicted molar refractivity (Wildman–Crippen MR) is 86.7 cm³/mol. The Hall–Kier alpha value is -1.56. The lowest BCUT2D eigenvalue weighted by molar-refractivity contribution is 0.910. The molecule has 0 unspecified atom stereocenters. The molecule has 0 saturated heterocycles. The molecule has 0 fully saturated rings. The number of benzene rings is 1. The minimum atomic E-state index is 1.12. The third-order valence-corrected chi connectivity index (χ3v) is 1.94. The molecule has 0 aliphatic carbocycles. The molecule has 0 nitrogen and oxygen atoms in total. The Morgan fingerprint density at radius 2 is 1.56 bits per heavy atom. The van der Waals surface area contributed by atoms with Gasteiger partial charge in [-0.3, -0.25) is 0 Å². The van der Waals surface area contributed by atoms with E-state index in [-0.39, 0.29) is 0 Å². The van der Waals surface area contributed by atoms with E-state index in [0.717, 1.165) is 5.57 Å². The van der Waals surface area contributed by atoms with Crippen molar-refractivity contribution in [3.05, 3.63) is 67.3 Å². The summed E-state index contributed by atoms with van der Waals surface area (Å²) in [7, 11) is 0. The second kappa shape index (κ2) is 13.5. The van der Waals surface area contributed by atoms with Gasteiger partial charge in [-0.15, -0.1) is 13.2 Å². The molecular formula is C18H28. The Bertz CT molecular complexity index is 330. The van der Waals surface area contributed by atoms with Gasteiger partial charge in [-0.1, -0.05) is 67.5 Å². The van der Waals surface area contributed by atoms with Gasteiger partial charge in [0.2, 0.25) is 0 Å². The fourth-order valence-electron chi connectivity index (χ4n) is 1.15. The van der Waals surface area contributed by atoms with Crippen molar-refractivity contribution in [3.8, 4) is 0 Å². The molecule has 0 N–H and O–H groups in total. The minimum absolute atomic E-state index is 1.12. The normalized spacial score (nSPS) is 8.00. The van der Waals surface area contributed by atoms with Gasteiger partial charge in [0.1, 0.15) is 0 Å². The minimum Gasteiger partial charge on any atom is -0.103 e. The average molecular weight is 244 g/mol. The van der Waals surface area contributed by atoms with E-state index in [1.807, 2.05) is 32.0 Å². The maximum atomic E-state index is 3.83. The van der Waals surface area contributed by atoms with Crippen LogP contribution >= 0.6 is 0 Å². The molecule has 0 aliphatic heterocycles. The van der Waals surface area contributed by atoms with E-state index in [4.69, 9.17) is 0 Å². The summed E-state index contributed by atoms with van der Waals surface area (Å²) in [6.45, 7) is 19.0. The van der Waals surface area contributed by atoms with Crippen LogP contribution in [0.2, 0.25) is 0 Å². The number of allylic oxidation sites excluding steroid dienone is 3. The summed E-state index contributed by atoms with van der Waals surface area (Å²) in [5, 5.41) is 0. The molecule has 0 aliphatic rings. The van der Waals surface area contributed by atoms with E-state index in [2.05, 4.69) is 45.7 Å². The van der Waals surface area contributed by atoms with Crippen LogP contribution < -0.4 is 0 Å². The zero-order chi connectivity index (χ0) is 14.4. The van der Waals surface area contributed by atoms with Crippen molar-refractivity contribution < 1.29 is 0 Å². The molecule has 0 radical (unpaired) electrons. The standard InChI is InChI=1S/C9H10.C6H12.C3H6/c1-8(2)9-6-4-3-5-7-9;1-4-5-6(2)3;1-3-2/h3-7H,1H2,2H3;2,4-5H2,1,3H3;3H,1H2,2H3. The van der Waals surface area contributed by atoms with Crippen LogP contribution in [0.3, 0.4) is 0 Å².